The first-order chi connectivity index (χ1) is 7.83. The lowest BCUT2D eigenvalue weighted by molar-refractivity contribution is 0.565. The average molecular weight is 214 g/mol. The number of benzene rings is 1. The van der Waals surface area contributed by atoms with E-state index in [0.29, 0.717) is 11.5 Å². The summed E-state index contributed by atoms with van der Waals surface area (Å²) in [4.78, 5) is 18.0. The van der Waals surface area contributed by atoms with Crippen molar-refractivity contribution in [2.24, 2.45) is 4.99 Å². The molecule has 0 aliphatic rings. The number of nitrogens with one attached hydrogen (secondary N) is 1. The van der Waals surface area contributed by atoms with Crippen LogP contribution in [0.1, 0.15) is 12.7 Å². The number of rotatable bonds is 3. The van der Waals surface area contributed by atoms with Crippen LogP contribution in [0, 0.1) is 0 Å². The van der Waals surface area contributed by atoms with E-state index in [0.717, 1.165) is 17.8 Å². The van der Waals surface area contributed by atoms with E-state index in [1.54, 1.807) is 18.2 Å². The summed E-state index contributed by atoms with van der Waals surface area (Å²) in [7, 11) is 0. The first kappa shape index (κ1) is 10.3. The quantitative estimate of drug-likeness (QED) is 0.627. The van der Waals surface area contributed by atoms with Gasteiger partial charge in [0.2, 0.25) is 6.08 Å². The van der Waals surface area contributed by atoms with E-state index in [2.05, 4.69) is 20.2 Å². The molecule has 5 nitrogen and oxygen atoms in total. The number of nitrogens with zero attached hydrogens (tertiary/aromatic N) is 3. The zero-order valence-electron chi connectivity index (χ0n) is 8.77. The van der Waals surface area contributed by atoms with E-state index >= 15 is 0 Å². The number of hydrogen-bond acceptors (Lipinski definition) is 4. The Kier molecular flexibility index (Phi) is 2.89. The minimum absolute atomic E-state index is 0.551. The molecule has 5 heteroatoms. The highest BCUT2D eigenvalue weighted by Crippen LogP contribution is 2.20. The van der Waals surface area contributed by atoms with Gasteiger partial charge in [0.1, 0.15) is 5.82 Å². The maximum atomic E-state index is 10.1. The van der Waals surface area contributed by atoms with E-state index in [9.17, 15) is 4.79 Å². The first-order valence-electron chi connectivity index (χ1n) is 4.93. The van der Waals surface area contributed by atoms with Gasteiger partial charge in [0.05, 0.1) is 5.69 Å². The van der Waals surface area contributed by atoms with Crippen molar-refractivity contribution in [1.29, 1.82) is 0 Å². The lowest BCUT2D eigenvalue weighted by Crippen LogP contribution is -1.82. The second-order valence-corrected chi connectivity index (χ2v) is 3.21. The van der Waals surface area contributed by atoms with Crippen molar-refractivity contribution in [3.63, 3.8) is 0 Å². The molecule has 0 spiro atoms. The van der Waals surface area contributed by atoms with Gasteiger partial charge in [0, 0.05) is 12.0 Å². The number of aryl methyl sites for hydroxylation is 1. The van der Waals surface area contributed by atoms with Crippen LogP contribution in [-0.4, -0.2) is 21.3 Å². The minimum Gasteiger partial charge on any atom is -0.263 e. The van der Waals surface area contributed by atoms with Gasteiger partial charge in [-0.1, -0.05) is 19.1 Å². The summed E-state index contributed by atoms with van der Waals surface area (Å²) in [6, 6.07) is 7.13. The van der Waals surface area contributed by atoms with E-state index in [-0.39, 0.29) is 0 Å². The fourth-order valence-corrected chi connectivity index (χ4v) is 1.35. The zero-order chi connectivity index (χ0) is 11.4. The third kappa shape index (κ3) is 2.04. The van der Waals surface area contributed by atoms with Crippen LogP contribution < -0.4 is 0 Å². The molecule has 1 aromatic heterocycles. The molecular weight excluding hydrogens is 204 g/mol. The second kappa shape index (κ2) is 4.51. The molecule has 1 aromatic carbocycles. The molecule has 0 saturated carbocycles. The van der Waals surface area contributed by atoms with Crippen molar-refractivity contribution in [2.45, 2.75) is 13.3 Å². The Balaban J connectivity index is 2.39. The Bertz CT molecular complexity index is 540. The molecule has 16 heavy (non-hydrogen) atoms. The van der Waals surface area contributed by atoms with Crippen LogP contribution in [0.25, 0.3) is 11.4 Å². The van der Waals surface area contributed by atoms with Crippen LogP contribution >= 0.6 is 0 Å². The Labute approximate surface area is 92.3 Å². The number of H-pyrrole nitrogens is 1. The molecular formula is C11H10N4O. The van der Waals surface area contributed by atoms with Gasteiger partial charge in [-0.3, -0.25) is 5.10 Å². The highest BCUT2D eigenvalue weighted by Gasteiger charge is 2.04. The maximum absolute atomic E-state index is 10.1. The highest BCUT2D eigenvalue weighted by atomic mass is 16.1. The first-order valence-corrected chi connectivity index (χ1v) is 4.93. The number of hydrogen-bond donors (Lipinski definition) is 1. The van der Waals surface area contributed by atoms with Crippen molar-refractivity contribution in [3.8, 4) is 11.4 Å². The van der Waals surface area contributed by atoms with Gasteiger partial charge in [0.25, 0.3) is 0 Å². The van der Waals surface area contributed by atoms with Crippen LogP contribution in [0.15, 0.2) is 29.3 Å². The second-order valence-electron chi connectivity index (χ2n) is 3.21. The van der Waals surface area contributed by atoms with Crippen LogP contribution in [0.3, 0.4) is 0 Å². The predicted octanol–water partition coefficient (Wildman–Crippen LogP) is 2.00. The fraction of sp³-hybridized carbons (Fsp3) is 0.182. The standard InChI is InChI=1S/C11H10N4O/c1-2-10-13-11(15-14-10)8-4-3-5-9(6-8)12-7-16/h3-6H,2H2,1H3,(H,13,14,15). The van der Waals surface area contributed by atoms with Gasteiger partial charge in [-0.05, 0) is 12.1 Å². The predicted molar refractivity (Wildman–Crippen MR) is 59.0 cm³/mol. The molecule has 0 amide bonds. The molecule has 2 aromatic rings. The molecule has 0 atom stereocenters. The Morgan fingerprint density at radius 3 is 3.06 bits per heavy atom. The van der Waals surface area contributed by atoms with Gasteiger partial charge < -0.3 is 0 Å². The summed E-state index contributed by atoms with van der Waals surface area (Å²) in [5.41, 5.74) is 1.38. The van der Waals surface area contributed by atoms with Crippen molar-refractivity contribution in [3.05, 3.63) is 30.1 Å². The molecule has 1 heterocycles. The summed E-state index contributed by atoms with van der Waals surface area (Å²) in [6.45, 7) is 2.00. The van der Waals surface area contributed by atoms with Gasteiger partial charge in [-0.2, -0.15) is 10.1 Å². The third-order valence-corrected chi connectivity index (χ3v) is 2.15. The zero-order valence-corrected chi connectivity index (χ0v) is 8.77. The Morgan fingerprint density at radius 1 is 1.50 bits per heavy atom. The molecule has 2 rings (SSSR count). The van der Waals surface area contributed by atoms with Crippen LogP contribution in [-0.2, 0) is 11.2 Å². The number of aromatic amines is 1. The Hall–Kier alpha value is -2.26. The van der Waals surface area contributed by atoms with Gasteiger partial charge in [-0.25, -0.2) is 9.78 Å². The normalized spacial score (nSPS) is 9.81. The summed E-state index contributed by atoms with van der Waals surface area (Å²) in [5, 5.41) is 6.92. The lowest BCUT2D eigenvalue weighted by Gasteiger charge is -1.95. The van der Waals surface area contributed by atoms with Crippen LogP contribution in [0.2, 0.25) is 0 Å². The summed E-state index contributed by atoms with van der Waals surface area (Å²) in [5.74, 6) is 1.44. The van der Waals surface area contributed by atoms with E-state index in [4.69, 9.17) is 0 Å². The molecule has 0 saturated heterocycles. The van der Waals surface area contributed by atoms with E-state index < -0.39 is 0 Å². The molecule has 0 radical (unpaired) electrons. The van der Waals surface area contributed by atoms with Crippen LogP contribution in [0.5, 0.6) is 0 Å². The molecule has 1 N–H and O–H groups in total. The van der Waals surface area contributed by atoms with Crippen LogP contribution in [0.4, 0.5) is 5.69 Å². The minimum atomic E-state index is 0.551. The van der Waals surface area contributed by atoms with Crippen molar-refractivity contribution < 1.29 is 4.79 Å². The third-order valence-electron chi connectivity index (χ3n) is 2.15. The summed E-state index contributed by atoms with van der Waals surface area (Å²) < 4.78 is 0. The lowest BCUT2D eigenvalue weighted by atomic mass is 10.2. The van der Waals surface area contributed by atoms with E-state index in [1.165, 1.54) is 6.08 Å². The van der Waals surface area contributed by atoms with Crippen molar-refractivity contribution in [1.82, 2.24) is 15.2 Å². The number of carbonyl (C=O) groups excluding carboxylic acids is 1. The molecule has 0 aliphatic carbocycles. The summed E-state index contributed by atoms with van der Waals surface area (Å²) >= 11 is 0. The SMILES string of the molecule is CCc1nc(-c2cccc(N=C=O)c2)n[nH]1. The van der Waals surface area contributed by atoms with Crippen molar-refractivity contribution >= 4 is 11.8 Å². The summed E-state index contributed by atoms with van der Waals surface area (Å²) in [6.07, 6.45) is 2.31. The number of aliphatic imine (C=N–C) groups is 1. The number of isocyanates is 1. The average Bonchev–Trinajstić information content (AvgIpc) is 2.78. The molecule has 0 fully saturated rings. The van der Waals surface area contributed by atoms with Gasteiger partial charge >= 0.3 is 0 Å². The Morgan fingerprint density at radius 2 is 2.38 bits per heavy atom. The van der Waals surface area contributed by atoms with Crippen molar-refractivity contribution in [2.75, 3.05) is 0 Å². The number of aromatic nitrogens is 3. The van der Waals surface area contributed by atoms with Gasteiger partial charge in [-0.15, -0.1) is 0 Å². The monoisotopic (exact) mass is 214 g/mol. The largest absolute Gasteiger partial charge is 0.263 e. The highest BCUT2D eigenvalue weighted by molar-refractivity contribution is 5.62. The molecule has 0 aliphatic heterocycles. The fourth-order valence-electron chi connectivity index (χ4n) is 1.35. The molecule has 80 valence electrons. The van der Waals surface area contributed by atoms with Gasteiger partial charge in [0.15, 0.2) is 5.82 Å². The molecule has 0 unspecified atom stereocenters. The maximum Gasteiger partial charge on any atom is 0.240 e. The molecule has 0 bridgehead atoms. The van der Waals surface area contributed by atoms with E-state index in [1.807, 2.05) is 13.0 Å². The topological polar surface area (TPSA) is 71.0 Å². The smallest absolute Gasteiger partial charge is 0.240 e.